The second-order valence-electron chi connectivity index (χ2n) is 5.35. The van der Waals surface area contributed by atoms with Crippen LogP contribution >= 0.6 is 0 Å². The van der Waals surface area contributed by atoms with Crippen LogP contribution in [0.3, 0.4) is 0 Å². The number of carbonyl (C=O) groups excluding carboxylic acids is 1. The first-order chi connectivity index (χ1) is 9.60. The third-order valence-electron chi connectivity index (χ3n) is 3.82. The Balaban J connectivity index is 1.79. The number of nitrogens with zero attached hydrogens (tertiary/aromatic N) is 1. The molecule has 1 amide bonds. The van der Waals surface area contributed by atoms with E-state index < -0.39 is 5.41 Å². The number of hydrogen-bond acceptors (Lipinski definition) is 3. The van der Waals surface area contributed by atoms with Gasteiger partial charge in [0.1, 0.15) is 0 Å². The van der Waals surface area contributed by atoms with Gasteiger partial charge in [-0.05, 0) is 49.6 Å². The van der Waals surface area contributed by atoms with Crippen LogP contribution in [0.15, 0.2) is 42.6 Å². The van der Waals surface area contributed by atoms with Crippen LogP contribution in [-0.4, -0.2) is 10.9 Å². The first-order valence-corrected chi connectivity index (χ1v) is 6.70. The largest absolute Gasteiger partial charge is 0.399 e. The predicted octanol–water partition coefficient (Wildman–Crippen LogP) is 2.64. The van der Waals surface area contributed by atoms with Gasteiger partial charge in [0.15, 0.2) is 0 Å². The zero-order valence-electron chi connectivity index (χ0n) is 11.4. The molecule has 4 nitrogen and oxygen atoms in total. The summed E-state index contributed by atoms with van der Waals surface area (Å²) in [6.07, 6.45) is 3.44. The Hall–Kier alpha value is -2.36. The highest BCUT2D eigenvalue weighted by molar-refractivity contribution is 6.01. The molecule has 1 fully saturated rings. The van der Waals surface area contributed by atoms with E-state index in [1.165, 1.54) is 0 Å². The van der Waals surface area contributed by atoms with Crippen molar-refractivity contribution in [1.82, 2.24) is 4.98 Å². The fourth-order valence-corrected chi connectivity index (χ4v) is 2.37. The first-order valence-electron chi connectivity index (χ1n) is 6.70. The average Bonchev–Trinajstić information content (AvgIpc) is 3.24. The second-order valence-corrected chi connectivity index (χ2v) is 5.35. The maximum absolute atomic E-state index is 12.5. The van der Waals surface area contributed by atoms with Crippen LogP contribution < -0.4 is 11.1 Å². The zero-order chi connectivity index (χ0) is 14.2. The number of pyridine rings is 1. The summed E-state index contributed by atoms with van der Waals surface area (Å²) < 4.78 is 0. The van der Waals surface area contributed by atoms with Gasteiger partial charge in [-0.2, -0.15) is 0 Å². The van der Waals surface area contributed by atoms with E-state index in [-0.39, 0.29) is 5.91 Å². The number of nitrogens with two attached hydrogens (primary N) is 1. The summed E-state index contributed by atoms with van der Waals surface area (Å²) in [7, 11) is 0. The maximum atomic E-state index is 12.5. The normalized spacial score (nSPS) is 15.7. The van der Waals surface area contributed by atoms with Crippen molar-refractivity contribution in [2.45, 2.75) is 25.2 Å². The summed E-state index contributed by atoms with van der Waals surface area (Å²) in [4.78, 5) is 16.7. The minimum Gasteiger partial charge on any atom is -0.399 e. The van der Waals surface area contributed by atoms with E-state index in [0.29, 0.717) is 5.69 Å². The van der Waals surface area contributed by atoms with Crippen LogP contribution in [0.2, 0.25) is 0 Å². The summed E-state index contributed by atoms with van der Waals surface area (Å²) in [5.74, 6) is 0.0351. The molecule has 0 spiro atoms. The standard InChI is InChI=1S/C16H17N3O/c1-11-2-7-14(10-18-11)19-15(20)16(8-9-16)12-3-5-13(17)6-4-12/h2-7,10H,8-9,17H2,1H3,(H,19,20). The molecule has 1 heterocycles. The lowest BCUT2D eigenvalue weighted by atomic mass is 9.94. The fourth-order valence-electron chi connectivity index (χ4n) is 2.37. The van der Waals surface area contributed by atoms with E-state index in [4.69, 9.17) is 5.73 Å². The second kappa shape index (κ2) is 4.63. The summed E-state index contributed by atoms with van der Waals surface area (Å²) in [6, 6.07) is 11.3. The molecule has 1 aliphatic rings. The quantitative estimate of drug-likeness (QED) is 0.840. The molecule has 0 bridgehead atoms. The van der Waals surface area contributed by atoms with E-state index in [1.54, 1.807) is 6.20 Å². The summed E-state index contributed by atoms with van der Waals surface area (Å²) in [5, 5.41) is 2.95. The van der Waals surface area contributed by atoms with Gasteiger partial charge in [-0.3, -0.25) is 9.78 Å². The molecule has 0 aliphatic heterocycles. The highest BCUT2D eigenvalue weighted by Crippen LogP contribution is 2.49. The number of hydrogen-bond donors (Lipinski definition) is 2. The lowest BCUT2D eigenvalue weighted by Gasteiger charge is -2.16. The Morgan fingerprint density at radius 3 is 2.45 bits per heavy atom. The van der Waals surface area contributed by atoms with Crippen molar-refractivity contribution in [3.63, 3.8) is 0 Å². The van der Waals surface area contributed by atoms with Crippen molar-refractivity contribution in [3.05, 3.63) is 53.9 Å². The number of carbonyl (C=O) groups is 1. The van der Waals surface area contributed by atoms with Gasteiger partial charge >= 0.3 is 0 Å². The minimum absolute atomic E-state index is 0.0351. The molecular weight excluding hydrogens is 250 g/mol. The van der Waals surface area contributed by atoms with Crippen LogP contribution in [0.25, 0.3) is 0 Å². The highest BCUT2D eigenvalue weighted by atomic mass is 16.2. The number of anilines is 2. The van der Waals surface area contributed by atoms with Crippen molar-refractivity contribution in [2.75, 3.05) is 11.1 Å². The van der Waals surface area contributed by atoms with Crippen molar-refractivity contribution in [2.24, 2.45) is 0 Å². The number of nitrogen functional groups attached to an aromatic ring is 1. The number of aryl methyl sites for hydroxylation is 1. The van der Waals surface area contributed by atoms with Crippen LogP contribution in [0, 0.1) is 6.92 Å². The zero-order valence-corrected chi connectivity index (χ0v) is 11.4. The molecular formula is C16H17N3O. The topological polar surface area (TPSA) is 68.0 Å². The average molecular weight is 267 g/mol. The third kappa shape index (κ3) is 2.25. The summed E-state index contributed by atoms with van der Waals surface area (Å²) in [6.45, 7) is 1.92. The maximum Gasteiger partial charge on any atom is 0.235 e. The Bertz CT molecular complexity index is 628. The van der Waals surface area contributed by atoms with E-state index in [9.17, 15) is 4.79 Å². The number of benzene rings is 1. The van der Waals surface area contributed by atoms with E-state index in [2.05, 4.69) is 10.3 Å². The molecule has 102 valence electrons. The molecule has 1 aliphatic carbocycles. The van der Waals surface area contributed by atoms with E-state index in [1.807, 2.05) is 43.3 Å². The molecule has 4 heteroatoms. The van der Waals surface area contributed by atoms with Gasteiger partial charge in [0.2, 0.25) is 5.91 Å². The van der Waals surface area contributed by atoms with Crippen LogP contribution in [-0.2, 0) is 10.2 Å². The van der Waals surface area contributed by atoms with Crippen molar-refractivity contribution < 1.29 is 4.79 Å². The van der Waals surface area contributed by atoms with Gasteiger partial charge in [0.25, 0.3) is 0 Å². The van der Waals surface area contributed by atoms with Gasteiger partial charge in [0, 0.05) is 11.4 Å². The molecule has 2 aromatic rings. The highest BCUT2D eigenvalue weighted by Gasteiger charge is 2.51. The molecule has 0 atom stereocenters. The van der Waals surface area contributed by atoms with E-state index in [0.717, 1.165) is 29.8 Å². The van der Waals surface area contributed by atoms with Gasteiger partial charge < -0.3 is 11.1 Å². The van der Waals surface area contributed by atoms with Crippen LogP contribution in [0.1, 0.15) is 24.1 Å². The summed E-state index contributed by atoms with van der Waals surface area (Å²) >= 11 is 0. The SMILES string of the molecule is Cc1ccc(NC(=O)C2(c3ccc(N)cc3)CC2)cn1. The Labute approximate surface area is 118 Å². The minimum atomic E-state index is -0.390. The van der Waals surface area contributed by atoms with Gasteiger partial charge in [-0.15, -0.1) is 0 Å². The number of aromatic nitrogens is 1. The lowest BCUT2D eigenvalue weighted by molar-refractivity contribution is -0.118. The fraction of sp³-hybridized carbons (Fsp3) is 0.250. The molecule has 1 aromatic heterocycles. The molecule has 0 radical (unpaired) electrons. The van der Waals surface area contributed by atoms with Crippen molar-refractivity contribution >= 4 is 17.3 Å². The molecule has 0 unspecified atom stereocenters. The van der Waals surface area contributed by atoms with Crippen LogP contribution in [0.5, 0.6) is 0 Å². The van der Waals surface area contributed by atoms with E-state index >= 15 is 0 Å². The van der Waals surface area contributed by atoms with Crippen molar-refractivity contribution in [1.29, 1.82) is 0 Å². The van der Waals surface area contributed by atoms with Crippen LogP contribution in [0.4, 0.5) is 11.4 Å². The Kier molecular flexibility index (Phi) is 2.93. The first kappa shape index (κ1) is 12.7. The van der Waals surface area contributed by atoms with Crippen molar-refractivity contribution in [3.8, 4) is 0 Å². The molecule has 3 rings (SSSR count). The van der Waals surface area contributed by atoms with Gasteiger partial charge in [-0.1, -0.05) is 12.1 Å². The predicted molar refractivity (Wildman–Crippen MR) is 79.4 cm³/mol. The Morgan fingerprint density at radius 2 is 1.90 bits per heavy atom. The number of rotatable bonds is 3. The lowest BCUT2D eigenvalue weighted by Crippen LogP contribution is -2.27. The molecule has 0 saturated heterocycles. The molecule has 1 saturated carbocycles. The molecule has 3 N–H and O–H groups in total. The number of amides is 1. The molecule has 1 aromatic carbocycles. The van der Waals surface area contributed by atoms with Gasteiger partial charge in [0.05, 0.1) is 17.3 Å². The smallest absolute Gasteiger partial charge is 0.235 e. The molecule has 20 heavy (non-hydrogen) atoms. The summed E-state index contributed by atoms with van der Waals surface area (Å²) in [5.41, 5.74) is 8.72. The number of nitrogens with one attached hydrogen (secondary N) is 1. The third-order valence-corrected chi connectivity index (χ3v) is 3.82. The van der Waals surface area contributed by atoms with Gasteiger partial charge in [-0.25, -0.2) is 0 Å². The monoisotopic (exact) mass is 267 g/mol. The Morgan fingerprint density at radius 1 is 1.20 bits per heavy atom.